The van der Waals surface area contributed by atoms with Crippen molar-refractivity contribution < 1.29 is 42.3 Å². The molecule has 228 valence electrons. The maximum atomic E-state index is 13.5. The van der Waals surface area contributed by atoms with Crippen LogP contribution < -0.4 is 14.8 Å². The third kappa shape index (κ3) is 11.0. The molecule has 1 atom stereocenters. The number of aliphatic carboxylic acids is 1. The van der Waals surface area contributed by atoms with Crippen LogP contribution in [0.2, 0.25) is 0 Å². The van der Waals surface area contributed by atoms with Gasteiger partial charge in [0.05, 0.1) is 11.3 Å². The minimum absolute atomic E-state index is 0. The molecule has 41 heavy (non-hydrogen) atoms. The number of hydrogen-bond donors (Lipinski definition) is 3. The molecular weight excluding hydrogens is 563 g/mol. The van der Waals surface area contributed by atoms with Gasteiger partial charge in [-0.1, -0.05) is 32.9 Å². The van der Waals surface area contributed by atoms with Gasteiger partial charge in [-0.05, 0) is 79.0 Å². The van der Waals surface area contributed by atoms with Gasteiger partial charge in [0.1, 0.15) is 16.7 Å². The highest BCUT2D eigenvalue weighted by molar-refractivity contribution is 7.83. The SMILES string of the molecule is CC(C)(C)C1CCC(N(Cc2ccc(S(=O)NCCC(=O)O)cc2)C(=O)Nc2ccc(OC(F)(F)F)cc2)CC1.O. The number of alkyl halides is 3. The molecule has 5 N–H and O–H groups in total. The van der Waals surface area contributed by atoms with Gasteiger partial charge in [0.15, 0.2) is 0 Å². The molecule has 2 aromatic carbocycles. The number of carboxylic acids is 1. The third-order valence-corrected chi connectivity index (χ3v) is 8.19. The summed E-state index contributed by atoms with van der Waals surface area (Å²) in [6.07, 6.45) is -1.36. The summed E-state index contributed by atoms with van der Waals surface area (Å²) < 4.78 is 56.4. The number of amides is 2. The molecule has 0 radical (unpaired) electrons. The Labute approximate surface area is 240 Å². The van der Waals surface area contributed by atoms with Crippen molar-refractivity contribution in [3.05, 3.63) is 54.1 Å². The Kier molecular flexibility index (Phi) is 12.2. The number of rotatable bonds is 10. The fourth-order valence-electron chi connectivity index (χ4n) is 4.80. The molecule has 1 aliphatic carbocycles. The Hall–Kier alpha value is -3.16. The first-order chi connectivity index (χ1) is 18.7. The van der Waals surface area contributed by atoms with E-state index in [2.05, 4.69) is 35.5 Å². The molecule has 1 unspecified atom stereocenters. The van der Waals surface area contributed by atoms with Crippen LogP contribution in [0.4, 0.5) is 23.7 Å². The zero-order chi connectivity index (χ0) is 29.5. The van der Waals surface area contributed by atoms with E-state index < -0.39 is 23.3 Å². The van der Waals surface area contributed by atoms with Crippen LogP contribution in [0, 0.1) is 11.3 Å². The fraction of sp³-hybridized carbons (Fsp3) is 0.500. The Morgan fingerprint density at radius 1 is 1.00 bits per heavy atom. The first kappa shape index (κ1) is 34.0. The summed E-state index contributed by atoms with van der Waals surface area (Å²) in [5, 5.41) is 11.5. The van der Waals surface area contributed by atoms with E-state index in [-0.39, 0.29) is 48.2 Å². The van der Waals surface area contributed by atoms with Gasteiger partial charge in [-0.25, -0.2) is 13.7 Å². The second kappa shape index (κ2) is 14.6. The molecule has 0 bridgehead atoms. The average molecular weight is 602 g/mol. The molecule has 2 aromatic rings. The first-order valence-electron chi connectivity index (χ1n) is 13.1. The highest BCUT2D eigenvalue weighted by atomic mass is 32.2. The summed E-state index contributed by atoms with van der Waals surface area (Å²) in [4.78, 5) is 26.4. The molecule has 1 aliphatic rings. The third-order valence-electron chi connectivity index (χ3n) is 7.02. The van der Waals surface area contributed by atoms with E-state index in [4.69, 9.17) is 5.11 Å². The van der Waals surface area contributed by atoms with Gasteiger partial charge in [0.2, 0.25) is 0 Å². The van der Waals surface area contributed by atoms with Crippen LogP contribution in [0.25, 0.3) is 0 Å². The number of anilines is 1. The molecule has 3 rings (SSSR count). The number of hydrogen-bond acceptors (Lipinski definition) is 4. The lowest BCUT2D eigenvalue weighted by molar-refractivity contribution is -0.274. The summed E-state index contributed by atoms with van der Waals surface area (Å²) in [5.74, 6) is -0.823. The lowest BCUT2D eigenvalue weighted by Crippen LogP contribution is -2.45. The topological polar surface area (TPSA) is 139 Å². The normalized spacial score (nSPS) is 18.1. The molecule has 2 amide bonds. The lowest BCUT2D eigenvalue weighted by atomic mass is 9.71. The number of carbonyl (C=O) groups is 2. The van der Waals surface area contributed by atoms with Crippen molar-refractivity contribution in [1.82, 2.24) is 9.62 Å². The van der Waals surface area contributed by atoms with Crippen molar-refractivity contribution in [2.75, 3.05) is 11.9 Å². The number of halogens is 3. The van der Waals surface area contributed by atoms with Gasteiger partial charge < -0.3 is 25.5 Å². The predicted molar refractivity (Wildman–Crippen MR) is 150 cm³/mol. The summed E-state index contributed by atoms with van der Waals surface area (Å²) >= 11 is 0. The number of nitrogens with zero attached hydrogens (tertiary/aromatic N) is 1. The second-order valence-corrected chi connectivity index (χ2v) is 12.2. The molecule has 1 fully saturated rings. The Morgan fingerprint density at radius 3 is 2.10 bits per heavy atom. The second-order valence-electron chi connectivity index (χ2n) is 11.0. The van der Waals surface area contributed by atoms with Crippen molar-refractivity contribution in [1.29, 1.82) is 0 Å². The summed E-state index contributed by atoms with van der Waals surface area (Å²) in [6, 6.07) is 11.5. The van der Waals surface area contributed by atoms with Crippen LogP contribution in [0.15, 0.2) is 53.4 Å². The number of carbonyl (C=O) groups excluding carboxylic acids is 1. The van der Waals surface area contributed by atoms with Crippen molar-refractivity contribution in [3.8, 4) is 5.75 Å². The van der Waals surface area contributed by atoms with Crippen molar-refractivity contribution in [3.63, 3.8) is 0 Å². The minimum atomic E-state index is -4.80. The quantitative estimate of drug-likeness (QED) is 0.331. The van der Waals surface area contributed by atoms with Crippen LogP contribution in [0.3, 0.4) is 0 Å². The zero-order valence-electron chi connectivity index (χ0n) is 23.3. The number of nitrogens with one attached hydrogen (secondary N) is 2. The maximum absolute atomic E-state index is 13.5. The number of urea groups is 1. The van der Waals surface area contributed by atoms with E-state index in [1.54, 1.807) is 29.2 Å². The van der Waals surface area contributed by atoms with Crippen LogP contribution in [-0.4, -0.2) is 50.6 Å². The Morgan fingerprint density at radius 2 is 1.59 bits per heavy atom. The van der Waals surface area contributed by atoms with Crippen molar-refractivity contribution in [2.24, 2.45) is 11.3 Å². The molecule has 0 heterocycles. The Balaban J connectivity index is 0.00000588. The Bertz CT molecular complexity index is 1160. The predicted octanol–water partition coefficient (Wildman–Crippen LogP) is 5.49. The van der Waals surface area contributed by atoms with E-state index in [9.17, 15) is 27.0 Å². The van der Waals surface area contributed by atoms with E-state index in [0.717, 1.165) is 43.4 Å². The summed E-state index contributed by atoms with van der Waals surface area (Å²) in [5.41, 5.74) is 1.32. The van der Waals surface area contributed by atoms with Gasteiger partial charge in [-0.2, -0.15) is 0 Å². The average Bonchev–Trinajstić information content (AvgIpc) is 2.87. The van der Waals surface area contributed by atoms with Crippen molar-refractivity contribution >= 4 is 28.7 Å². The molecule has 0 aliphatic heterocycles. The van der Waals surface area contributed by atoms with E-state index in [1.807, 2.05) is 0 Å². The first-order valence-corrected chi connectivity index (χ1v) is 14.3. The molecular formula is C28H38F3N3O6S. The van der Waals surface area contributed by atoms with E-state index in [0.29, 0.717) is 16.5 Å². The van der Waals surface area contributed by atoms with Gasteiger partial charge in [-0.3, -0.25) is 4.79 Å². The minimum Gasteiger partial charge on any atom is -0.481 e. The number of carboxylic acid groups (broad SMARTS) is 1. The number of ether oxygens (including phenoxy) is 1. The van der Waals surface area contributed by atoms with Crippen LogP contribution >= 0.6 is 0 Å². The van der Waals surface area contributed by atoms with E-state index in [1.165, 1.54) is 12.1 Å². The molecule has 13 heteroatoms. The zero-order valence-corrected chi connectivity index (χ0v) is 24.1. The highest BCUT2D eigenvalue weighted by Crippen LogP contribution is 2.39. The highest BCUT2D eigenvalue weighted by Gasteiger charge is 2.34. The van der Waals surface area contributed by atoms with Gasteiger partial charge in [0, 0.05) is 24.8 Å². The molecule has 1 saturated carbocycles. The van der Waals surface area contributed by atoms with Gasteiger partial charge in [0.25, 0.3) is 0 Å². The van der Waals surface area contributed by atoms with Crippen LogP contribution in [0.5, 0.6) is 5.75 Å². The maximum Gasteiger partial charge on any atom is 0.573 e. The monoisotopic (exact) mass is 601 g/mol. The molecule has 0 saturated heterocycles. The summed E-state index contributed by atoms with van der Waals surface area (Å²) in [6.45, 7) is 7.01. The largest absolute Gasteiger partial charge is 0.573 e. The number of benzene rings is 2. The molecule has 0 aromatic heterocycles. The molecule has 0 spiro atoms. The fourth-order valence-corrected chi connectivity index (χ4v) is 5.64. The lowest BCUT2D eigenvalue weighted by Gasteiger charge is -2.41. The molecule has 9 nitrogen and oxygen atoms in total. The standard InChI is InChI=1S/C28H36F3N3O5S.H2O/c1-27(2,3)20-6-10-22(11-7-20)34(26(37)33-21-8-12-23(13-9-21)39-28(29,30)31)18-19-4-14-24(15-5-19)40(38)32-17-16-25(35)36;/h4-5,8-9,12-15,20,22,32H,6-7,10-11,16-18H2,1-3H3,(H,33,37)(H,35,36);1H2. The van der Waals surface area contributed by atoms with Crippen LogP contribution in [-0.2, 0) is 22.3 Å². The summed E-state index contributed by atoms with van der Waals surface area (Å²) in [7, 11) is -1.57. The smallest absolute Gasteiger partial charge is 0.481 e. The van der Waals surface area contributed by atoms with E-state index >= 15 is 0 Å². The van der Waals surface area contributed by atoms with Gasteiger partial charge in [-0.15, -0.1) is 13.2 Å². The van der Waals surface area contributed by atoms with Gasteiger partial charge >= 0.3 is 18.4 Å². The van der Waals surface area contributed by atoms with Crippen molar-refractivity contribution in [2.45, 2.75) is 76.7 Å². The van der Waals surface area contributed by atoms with Crippen LogP contribution in [0.1, 0.15) is 58.4 Å².